The molecule has 1 aromatic carbocycles. The van der Waals surface area contributed by atoms with Gasteiger partial charge in [-0.3, -0.25) is 4.79 Å². The zero-order chi connectivity index (χ0) is 17.2. The Morgan fingerprint density at radius 1 is 1.17 bits per heavy atom. The minimum absolute atomic E-state index is 0.0136. The highest BCUT2D eigenvalue weighted by molar-refractivity contribution is 5.77. The Morgan fingerprint density at radius 2 is 1.88 bits per heavy atom. The van der Waals surface area contributed by atoms with Gasteiger partial charge < -0.3 is 24.4 Å². The van der Waals surface area contributed by atoms with Crippen LogP contribution in [0.5, 0.6) is 5.75 Å². The van der Waals surface area contributed by atoms with Gasteiger partial charge in [-0.25, -0.2) is 4.79 Å². The van der Waals surface area contributed by atoms with E-state index in [1.807, 2.05) is 6.07 Å². The Balaban J connectivity index is 1.65. The number of methoxy groups -OCH3 is 1. The van der Waals surface area contributed by atoms with E-state index in [9.17, 15) is 9.59 Å². The third-order valence-electron chi connectivity index (χ3n) is 3.78. The van der Waals surface area contributed by atoms with Gasteiger partial charge in [0.05, 0.1) is 13.2 Å². The van der Waals surface area contributed by atoms with Crippen molar-refractivity contribution in [3.8, 4) is 5.75 Å². The van der Waals surface area contributed by atoms with Crippen molar-refractivity contribution in [2.45, 2.75) is 18.9 Å². The van der Waals surface area contributed by atoms with E-state index >= 15 is 0 Å². The second kappa shape index (κ2) is 9.89. The van der Waals surface area contributed by atoms with E-state index in [0.29, 0.717) is 44.9 Å². The summed E-state index contributed by atoms with van der Waals surface area (Å²) < 4.78 is 15.3. The number of nitrogens with zero attached hydrogens (tertiary/aromatic N) is 1. The molecule has 1 N–H and O–H groups in total. The first-order valence-corrected chi connectivity index (χ1v) is 8.07. The maximum atomic E-state index is 12.0. The Bertz CT molecular complexity index is 515. The van der Waals surface area contributed by atoms with Crippen molar-refractivity contribution in [1.29, 1.82) is 0 Å². The quantitative estimate of drug-likeness (QED) is 0.762. The van der Waals surface area contributed by atoms with E-state index in [4.69, 9.17) is 14.2 Å². The van der Waals surface area contributed by atoms with E-state index in [-0.39, 0.29) is 18.6 Å². The molecule has 0 unspecified atom stereocenters. The molecule has 0 aliphatic carbocycles. The van der Waals surface area contributed by atoms with E-state index in [1.165, 1.54) is 0 Å². The van der Waals surface area contributed by atoms with Gasteiger partial charge in [-0.15, -0.1) is 0 Å². The summed E-state index contributed by atoms with van der Waals surface area (Å²) in [7, 11) is 1.59. The summed E-state index contributed by atoms with van der Waals surface area (Å²) in [6, 6.07) is 8.94. The molecule has 1 aliphatic rings. The van der Waals surface area contributed by atoms with Gasteiger partial charge in [0, 0.05) is 26.2 Å². The molecule has 0 radical (unpaired) electrons. The molecule has 1 aromatic rings. The normalized spacial score (nSPS) is 15.1. The summed E-state index contributed by atoms with van der Waals surface area (Å²) in [5, 5.41) is 2.84. The van der Waals surface area contributed by atoms with Crippen molar-refractivity contribution in [2.75, 3.05) is 40.0 Å². The number of likely N-dealkylation sites (tertiary alicyclic amines) is 1. The topological polar surface area (TPSA) is 77.1 Å². The standard InChI is InChI=1S/C17H24N2O5/c1-22-11-12-23-13-16(20)19-9-7-14(8-10-19)18-17(21)24-15-5-3-2-4-6-15/h2-6,14H,7-13H2,1H3,(H,18,21). The van der Waals surface area contributed by atoms with Crippen LogP contribution in [-0.4, -0.2) is 63.0 Å². The molecule has 0 bridgehead atoms. The number of carbonyl (C=O) groups is 2. The van der Waals surface area contributed by atoms with Gasteiger partial charge in [-0.05, 0) is 25.0 Å². The fourth-order valence-electron chi connectivity index (χ4n) is 2.46. The number of hydrogen-bond donors (Lipinski definition) is 1. The molecule has 0 spiro atoms. The number of piperidine rings is 1. The summed E-state index contributed by atoms with van der Waals surface area (Å²) in [5.41, 5.74) is 0. The van der Waals surface area contributed by atoms with Gasteiger partial charge in [0.1, 0.15) is 12.4 Å². The fourth-order valence-corrected chi connectivity index (χ4v) is 2.46. The van der Waals surface area contributed by atoms with Crippen LogP contribution in [0.15, 0.2) is 30.3 Å². The zero-order valence-electron chi connectivity index (χ0n) is 13.9. The fraction of sp³-hybridized carbons (Fsp3) is 0.529. The van der Waals surface area contributed by atoms with Crippen LogP contribution in [0.3, 0.4) is 0 Å². The molecule has 0 aromatic heterocycles. The molecule has 2 rings (SSSR count). The van der Waals surface area contributed by atoms with Crippen LogP contribution < -0.4 is 10.1 Å². The number of amides is 2. The molecule has 7 nitrogen and oxygen atoms in total. The highest BCUT2D eigenvalue weighted by Gasteiger charge is 2.24. The van der Waals surface area contributed by atoms with Gasteiger partial charge in [0.2, 0.25) is 5.91 Å². The molecule has 0 atom stereocenters. The van der Waals surface area contributed by atoms with Crippen molar-refractivity contribution in [2.24, 2.45) is 0 Å². The minimum Gasteiger partial charge on any atom is -0.410 e. The maximum absolute atomic E-state index is 12.0. The van der Waals surface area contributed by atoms with Crippen LogP contribution in [0.1, 0.15) is 12.8 Å². The molecule has 2 amide bonds. The van der Waals surface area contributed by atoms with Crippen LogP contribution in [0.4, 0.5) is 4.79 Å². The number of benzene rings is 1. The van der Waals surface area contributed by atoms with E-state index in [0.717, 1.165) is 0 Å². The predicted molar refractivity (Wildman–Crippen MR) is 87.9 cm³/mol. The average Bonchev–Trinajstić information content (AvgIpc) is 2.60. The largest absolute Gasteiger partial charge is 0.412 e. The van der Waals surface area contributed by atoms with Crippen LogP contribution in [-0.2, 0) is 14.3 Å². The minimum atomic E-state index is -0.464. The van der Waals surface area contributed by atoms with Crippen LogP contribution in [0, 0.1) is 0 Å². The van der Waals surface area contributed by atoms with Gasteiger partial charge in [0.25, 0.3) is 0 Å². The zero-order valence-corrected chi connectivity index (χ0v) is 13.9. The smallest absolute Gasteiger partial charge is 0.410 e. The summed E-state index contributed by atoms with van der Waals surface area (Å²) in [6.07, 6.45) is 0.940. The maximum Gasteiger partial charge on any atom is 0.412 e. The van der Waals surface area contributed by atoms with Crippen molar-refractivity contribution in [3.63, 3.8) is 0 Å². The monoisotopic (exact) mass is 336 g/mol. The number of hydrogen-bond acceptors (Lipinski definition) is 5. The first-order valence-electron chi connectivity index (χ1n) is 8.07. The first-order chi connectivity index (χ1) is 11.7. The van der Waals surface area contributed by atoms with Crippen molar-refractivity contribution in [3.05, 3.63) is 30.3 Å². The second-order valence-electron chi connectivity index (χ2n) is 5.55. The Labute approximate surface area is 141 Å². The Kier molecular flexibility index (Phi) is 7.51. The molecule has 1 aliphatic heterocycles. The SMILES string of the molecule is COCCOCC(=O)N1CCC(NC(=O)Oc2ccccc2)CC1. The highest BCUT2D eigenvalue weighted by atomic mass is 16.6. The average molecular weight is 336 g/mol. The number of carbonyl (C=O) groups excluding carboxylic acids is 2. The predicted octanol–water partition coefficient (Wildman–Crippen LogP) is 1.43. The third kappa shape index (κ3) is 6.17. The second-order valence-corrected chi connectivity index (χ2v) is 5.55. The lowest BCUT2D eigenvalue weighted by Gasteiger charge is -2.32. The lowest BCUT2D eigenvalue weighted by atomic mass is 10.1. The van der Waals surface area contributed by atoms with Crippen LogP contribution in [0.2, 0.25) is 0 Å². The van der Waals surface area contributed by atoms with Gasteiger partial charge in [0.15, 0.2) is 0 Å². The van der Waals surface area contributed by atoms with Crippen LogP contribution >= 0.6 is 0 Å². The van der Waals surface area contributed by atoms with E-state index in [1.54, 1.807) is 36.3 Å². The summed E-state index contributed by atoms with van der Waals surface area (Å²) in [6.45, 7) is 2.15. The van der Waals surface area contributed by atoms with Gasteiger partial charge in [-0.2, -0.15) is 0 Å². The molecular formula is C17H24N2O5. The number of para-hydroxylation sites is 1. The molecule has 132 valence electrons. The number of nitrogens with one attached hydrogen (secondary N) is 1. The van der Waals surface area contributed by atoms with Crippen molar-refractivity contribution < 1.29 is 23.8 Å². The number of ether oxygens (including phenoxy) is 3. The van der Waals surface area contributed by atoms with Gasteiger partial charge in [-0.1, -0.05) is 18.2 Å². The molecule has 1 heterocycles. The van der Waals surface area contributed by atoms with E-state index in [2.05, 4.69) is 5.32 Å². The number of rotatable bonds is 7. The molecule has 1 fully saturated rings. The summed E-state index contributed by atoms with van der Waals surface area (Å²) in [4.78, 5) is 25.6. The molecular weight excluding hydrogens is 312 g/mol. The van der Waals surface area contributed by atoms with Crippen LogP contribution in [0.25, 0.3) is 0 Å². The van der Waals surface area contributed by atoms with Gasteiger partial charge >= 0.3 is 6.09 Å². The molecule has 1 saturated heterocycles. The molecule has 0 saturated carbocycles. The highest BCUT2D eigenvalue weighted by Crippen LogP contribution is 2.12. The lowest BCUT2D eigenvalue weighted by molar-refractivity contribution is -0.137. The Hall–Kier alpha value is -2.12. The summed E-state index contributed by atoms with van der Waals surface area (Å²) in [5.74, 6) is 0.479. The molecule has 24 heavy (non-hydrogen) atoms. The third-order valence-corrected chi connectivity index (χ3v) is 3.78. The lowest BCUT2D eigenvalue weighted by Crippen LogP contribution is -2.48. The Morgan fingerprint density at radius 3 is 2.54 bits per heavy atom. The summed E-state index contributed by atoms with van der Waals surface area (Å²) >= 11 is 0. The first kappa shape index (κ1) is 18.2. The van der Waals surface area contributed by atoms with Crippen molar-refractivity contribution >= 4 is 12.0 Å². The van der Waals surface area contributed by atoms with E-state index < -0.39 is 6.09 Å². The van der Waals surface area contributed by atoms with Crippen molar-refractivity contribution in [1.82, 2.24) is 10.2 Å². The molecule has 7 heteroatoms.